The zero-order valence-corrected chi connectivity index (χ0v) is 16.5. The van der Waals surface area contributed by atoms with E-state index >= 15 is 0 Å². The largest absolute Gasteiger partial charge is 0.463 e. The van der Waals surface area contributed by atoms with Crippen LogP contribution in [0.5, 0.6) is 0 Å². The van der Waals surface area contributed by atoms with Crippen LogP contribution < -0.4 is 0 Å². The highest BCUT2D eigenvalue weighted by Gasteiger charge is 2.35. The molecule has 0 fully saturated rings. The van der Waals surface area contributed by atoms with Crippen LogP contribution in [0.25, 0.3) is 17.1 Å². The minimum atomic E-state index is -0.254. The number of hydrazone groups is 1. The molecule has 0 spiro atoms. The van der Waals surface area contributed by atoms with E-state index in [9.17, 15) is 4.79 Å². The fourth-order valence-electron chi connectivity index (χ4n) is 3.80. The van der Waals surface area contributed by atoms with Crippen LogP contribution in [-0.4, -0.2) is 26.4 Å². The van der Waals surface area contributed by atoms with Crippen molar-refractivity contribution in [1.82, 2.24) is 14.8 Å². The molecular weight excluding hydrogens is 376 g/mol. The third kappa shape index (κ3) is 3.22. The average Bonchev–Trinajstić information content (AvgIpc) is 3.53. The van der Waals surface area contributed by atoms with Crippen molar-refractivity contribution in [2.45, 2.75) is 19.4 Å². The van der Waals surface area contributed by atoms with Gasteiger partial charge >= 0.3 is 0 Å². The van der Waals surface area contributed by atoms with Gasteiger partial charge in [-0.05, 0) is 29.8 Å². The molecule has 148 valence electrons. The van der Waals surface area contributed by atoms with E-state index in [1.165, 1.54) is 0 Å². The molecule has 5 rings (SSSR count). The van der Waals surface area contributed by atoms with Gasteiger partial charge in [0.1, 0.15) is 5.69 Å². The first-order chi connectivity index (χ1) is 14.7. The molecule has 0 radical (unpaired) electrons. The zero-order valence-electron chi connectivity index (χ0n) is 16.5. The van der Waals surface area contributed by atoms with Gasteiger partial charge in [-0.1, -0.05) is 48.5 Å². The van der Waals surface area contributed by atoms with Crippen molar-refractivity contribution in [3.8, 4) is 17.1 Å². The highest BCUT2D eigenvalue weighted by molar-refractivity contribution is 6.03. The van der Waals surface area contributed by atoms with E-state index < -0.39 is 0 Å². The summed E-state index contributed by atoms with van der Waals surface area (Å²) in [5.41, 5.74) is 4.45. The van der Waals surface area contributed by atoms with Crippen molar-refractivity contribution in [3.05, 3.63) is 96.4 Å². The van der Waals surface area contributed by atoms with E-state index in [2.05, 4.69) is 5.10 Å². The van der Waals surface area contributed by atoms with Crippen LogP contribution in [0.3, 0.4) is 0 Å². The summed E-state index contributed by atoms with van der Waals surface area (Å²) in [5, 5.41) is 11.0. The number of hydrogen-bond acceptors (Lipinski definition) is 4. The minimum absolute atomic E-state index is 0.108. The number of furan rings is 1. The summed E-state index contributed by atoms with van der Waals surface area (Å²) in [4.78, 5) is 12.4. The molecule has 0 aliphatic carbocycles. The molecule has 1 atom stereocenters. The highest BCUT2D eigenvalue weighted by Crippen LogP contribution is 2.38. The number of carbonyl (C=O) groups excluding carboxylic acids is 1. The number of para-hydroxylation sites is 1. The predicted octanol–water partition coefficient (Wildman–Crippen LogP) is 4.83. The van der Waals surface area contributed by atoms with Gasteiger partial charge < -0.3 is 4.42 Å². The SMILES string of the molecule is CC(=O)N1N=C(c2ccccc2)C[C@@H]1c1cn(-c2ccccc2)nc1-c1ccco1. The van der Waals surface area contributed by atoms with E-state index in [-0.39, 0.29) is 11.9 Å². The highest BCUT2D eigenvalue weighted by atomic mass is 16.3. The third-order valence-corrected chi connectivity index (χ3v) is 5.22. The molecule has 1 aliphatic rings. The first-order valence-corrected chi connectivity index (χ1v) is 9.82. The molecule has 1 aliphatic heterocycles. The molecular formula is C24H20N4O2. The predicted molar refractivity (Wildman–Crippen MR) is 114 cm³/mol. The van der Waals surface area contributed by atoms with Gasteiger partial charge in [-0.15, -0.1) is 0 Å². The molecule has 0 N–H and O–H groups in total. The monoisotopic (exact) mass is 396 g/mol. The van der Waals surface area contributed by atoms with Gasteiger partial charge in [-0.3, -0.25) is 4.79 Å². The van der Waals surface area contributed by atoms with E-state index in [0.717, 1.165) is 22.5 Å². The molecule has 2 aromatic heterocycles. The van der Waals surface area contributed by atoms with Crippen LogP contribution in [0.1, 0.15) is 30.5 Å². The molecule has 4 aromatic rings. The van der Waals surface area contributed by atoms with Crippen molar-refractivity contribution in [3.63, 3.8) is 0 Å². The van der Waals surface area contributed by atoms with Crippen LogP contribution in [0.15, 0.2) is 94.8 Å². The van der Waals surface area contributed by atoms with Crippen LogP contribution in [0, 0.1) is 0 Å². The van der Waals surface area contributed by atoms with E-state index in [4.69, 9.17) is 9.52 Å². The summed E-state index contributed by atoms with van der Waals surface area (Å²) in [7, 11) is 0. The average molecular weight is 396 g/mol. The molecule has 3 heterocycles. The number of aromatic nitrogens is 2. The van der Waals surface area contributed by atoms with Gasteiger partial charge in [0.25, 0.3) is 0 Å². The first-order valence-electron chi connectivity index (χ1n) is 9.82. The number of rotatable bonds is 4. The van der Waals surface area contributed by atoms with E-state index in [0.29, 0.717) is 17.9 Å². The lowest BCUT2D eigenvalue weighted by Gasteiger charge is -2.19. The number of hydrogen-bond donors (Lipinski definition) is 0. The third-order valence-electron chi connectivity index (χ3n) is 5.22. The molecule has 6 heteroatoms. The molecule has 1 amide bonds. The Morgan fingerprint density at radius 3 is 2.40 bits per heavy atom. The molecule has 30 heavy (non-hydrogen) atoms. The molecule has 6 nitrogen and oxygen atoms in total. The second-order valence-corrected chi connectivity index (χ2v) is 7.19. The van der Waals surface area contributed by atoms with Crippen LogP contribution >= 0.6 is 0 Å². The van der Waals surface area contributed by atoms with Crippen molar-refractivity contribution >= 4 is 11.6 Å². The number of amides is 1. The summed E-state index contributed by atoms with van der Waals surface area (Å²) < 4.78 is 7.48. The number of benzene rings is 2. The van der Waals surface area contributed by atoms with Gasteiger partial charge in [0.2, 0.25) is 5.91 Å². The Kier molecular flexibility index (Phi) is 4.52. The van der Waals surface area contributed by atoms with Crippen molar-refractivity contribution in [2.75, 3.05) is 0 Å². The normalized spacial score (nSPS) is 16.0. The van der Waals surface area contributed by atoms with Gasteiger partial charge in [-0.25, -0.2) is 9.69 Å². The second kappa shape index (κ2) is 7.48. The fourth-order valence-corrected chi connectivity index (χ4v) is 3.80. The van der Waals surface area contributed by atoms with Crippen molar-refractivity contribution in [1.29, 1.82) is 0 Å². The minimum Gasteiger partial charge on any atom is -0.463 e. The van der Waals surface area contributed by atoms with Gasteiger partial charge in [0.15, 0.2) is 5.76 Å². The lowest BCUT2D eigenvalue weighted by molar-refractivity contribution is -0.130. The lowest BCUT2D eigenvalue weighted by Crippen LogP contribution is -2.24. The smallest absolute Gasteiger partial charge is 0.240 e. The Morgan fingerprint density at radius 1 is 1.00 bits per heavy atom. The van der Waals surface area contributed by atoms with E-state index in [1.807, 2.05) is 83.7 Å². The Balaban J connectivity index is 1.60. The molecule has 2 aromatic carbocycles. The summed E-state index contributed by atoms with van der Waals surface area (Å²) in [6.07, 6.45) is 4.21. The number of carbonyl (C=O) groups is 1. The van der Waals surface area contributed by atoms with Gasteiger partial charge in [-0.2, -0.15) is 10.2 Å². The second-order valence-electron chi connectivity index (χ2n) is 7.19. The Labute approximate surface area is 174 Å². The van der Waals surface area contributed by atoms with E-state index in [1.54, 1.807) is 18.2 Å². The quantitative estimate of drug-likeness (QED) is 0.496. The molecule has 0 saturated carbocycles. The van der Waals surface area contributed by atoms with Crippen LogP contribution in [0.2, 0.25) is 0 Å². The lowest BCUT2D eigenvalue weighted by atomic mass is 9.98. The maximum atomic E-state index is 12.4. The first kappa shape index (κ1) is 18.1. The summed E-state index contributed by atoms with van der Waals surface area (Å²) >= 11 is 0. The molecule has 0 bridgehead atoms. The fraction of sp³-hybridized carbons (Fsp3) is 0.125. The maximum absolute atomic E-state index is 12.4. The number of nitrogens with zero attached hydrogens (tertiary/aromatic N) is 4. The van der Waals surface area contributed by atoms with Crippen molar-refractivity contribution < 1.29 is 9.21 Å². The maximum Gasteiger partial charge on any atom is 0.240 e. The topological polar surface area (TPSA) is 63.6 Å². The standard InChI is InChI=1S/C24H20N4O2/c1-17(29)28-22(15-21(25-28)18-9-4-2-5-10-18)20-16-27(19-11-6-3-7-12-19)26-24(20)23-13-8-14-30-23/h2-14,16,22H,15H2,1H3/t22-/m1/s1. The zero-order chi connectivity index (χ0) is 20.5. The summed E-state index contributed by atoms with van der Waals surface area (Å²) in [6.45, 7) is 1.54. The van der Waals surface area contributed by atoms with Crippen molar-refractivity contribution in [2.24, 2.45) is 5.10 Å². The van der Waals surface area contributed by atoms with Gasteiger partial charge in [0.05, 0.1) is 23.7 Å². The van der Waals surface area contributed by atoms with Crippen LogP contribution in [-0.2, 0) is 4.79 Å². The summed E-state index contributed by atoms with van der Waals surface area (Å²) in [6, 6.07) is 23.3. The van der Waals surface area contributed by atoms with Crippen LogP contribution in [0.4, 0.5) is 0 Å². The van der Waals surface area contributed by atoms with Gasteiger partial charge in [0, 0.05) is 25.1 Å². The summed E-state index contributed by atoms with van der Waals surface area (Å²) in [5.74, 6) is 0.556. The Hall–Kier alpha value is -3.93. The molecule has 0 unspecified atom stereocenters. The Morgan fingerprint density at radius 2 is 1.73 bits per heavy atom. The molecule has 0 saturated heterocycles. The Bertz CT molecular complexity index is 1190.